The molecule has 0 aromatic carbocycles. The molecule has 0 rings (SSSR count). The van der Waals surface area contributed by atoms with Crippen molar-refractivity contribution in [1.82, 2.24) is 0 Å². The van der Waals surface area contributed by atoms with E-state index < -0.39 is 0 Å². The van der Waals surface area contributed by atoms with Gasteiger partial charge in [0.2, 0.25) is 0 Å². The van der Waals surface area contributed by atoms with Crippen molar-refractivity contribution in [2.75, 3.05) is 6.61 Å². The summed E-state index contributed by atoms with van der Waals surface area (Å²) < 4.78 is 4.89. The lowest BCUT2D eigenvalue weighted by molar-refractivity contribution is -0.138. The van der Waals surface area contributed by atoms with Crippen LogP contribution in [0.15, 0.2) is 12.2 Å². The van der Waals surface area contributed by atoms with Gasteiger partial charge in [-0.25, -0.2) is 4.79 Å². The maximum absolute atomic E-state index is 11.0. The van der Waals surface area contributed by atoms with Gasteiger partial charge in [-0.3, -0.25) is 0 Å². The summed E-state index contributed by atoms with van der Waals surface area (Å²) in [6, 6.07) is 0.878. The lowest BCUT2D eigenvalue weighted by Crippen LogP contribution is -2.08. The Balaban J connectivity index is 3.56. The van der Waals surface area contributed by atoms with Crippen LogP contribution in [0.1, 0.15) is 13.3 Å². The van der Waals surface area contributed by atoms with E-state index in [0.717, 1.165) is 12.5 Å². The maximum atomic E-state index is 11.0. The molecule has 64 valence electrons. The minimum absolute atomic E-state index is 0.0999. The topological polar surface area (TPSA) is 26.3 Å². The van der Waals surface area contributed by atoms with Gasteiger partial charge < -0.3 is 4.74 Å². The molecule has 0 unspecified atom stereocenters. The van der Waals surface area contributed by atoms with Crippen LogP contribution in [-0.2, 0) is 9.53 Å². The van der Waals surface area contributed by atoms with Gasteiger partial charge in [0.15, 0.2) is 0 Å². The first-order chi connectivity index (χ1) is 5.22. The molecule has 0 bridgehead atoms. The van der Waals surface area contributed by atoms with Gasteiger partial charge in [0.25, 0.3) is 0 Å². The number of carbonyl (C=O) groups excluding carboxylic acids is 1. The third-order valence-corrected chi connectivity index (χ3v) is 2.38. The molecule has 0 atom stereocenters. The van der Waals surface area contributed by atoms with Crippen LogP contribution in [0.4, 0.5) is 0 Å². The highest BCUT2D eigenvalue weighted by Crippen LogP contribution is 2.00. The zero-order chi connectivity index (χ0) is 8.69. The van der Waals surface area contributed by atoms with Gasteiger partial charge in [-0.2, -0.15) is 0 Å². The molecular formula is C8H16O2Si. The molecule has 0 saturated carbocycles. The van der Waals surface area contributed by atoms with Crippen LogP contribution in [0.5, 0.6) is 0 Å². The monoisotopic (exact) mass is 172 g/mol. The van der Waals surface area contributed by atoms with Crippen molar-refractivity contribution in [2.45, 2.75) is 25.9 Å². The molecule has 0 fully saturated rings. The summed E-state index contributed by atoms with van der Waals surface area (Å²) in [5.74, 6) is -0.207. The largest absolute Gasteiger partial charge is 0.462 e. The van der Waals surface area contributed by atoms with Crippen molar-refractivity contribution in [3.05, 3.63) is 12.2 Å². The standard InChI is InChI=1S/C8H16O2Si/c1-4-5-10-8(9)7(2)6-11-3/h2,4-6,11H2,1,3H3. The summed E-state index contributed by atoms with van der Waals surface area (Å²) in [6.07, 6.45) is 0.878. The Labute approximate surface area is 70.5 Å². The Morgan fingerprint density at radius 3 is 2.73 bits per heavy atom. The van der Waals surface area contributed by atoms with Crippen molar-refractivity contribution < 1.29 is 9.53 Å². The van der Waals surface area contributed by atoms with Crippen molar-refractivity contribution in [2.24, 2.45) is 0 Å². The van der Waals surface area contributed by atoms with E-state index in [4.69, 9.17) is 4.74 Å². The minimum atomic E-state index is -0.207. The van der Waals surface area contributed by atoms with E-state index in [2.05, 4.69) is 13.1 Å². The smallest absolute Gasteiger partial charge is 0.333 e. The minimum Gasteiger partial charge on any atom is -0.462 e. The van der Waals surface area contributed by atoms with Crippen LogP contribution in [0, 0.1) is 0 Å². The van der Waals surface area contributed by atoms with E-state index in [-0.39, 0.29) is 15.5 Å². The summed E-state index contributed by atoms with van der Waals surface area (Å²) in [4.78, 5) is 11.0. The van der Waals surface area contributed by atoms with E-state index in [1.54, 1.807) is 0 Å². The Hall–Kier alpha value is -0.573. The SMILES string of the molecule is C=C(C[SiH2]C)C(=O)OCCC. The molecule has 0 N–H and O–H groups in total. The second-order valence-electron chi connectivity index (χ2n) is 2.49. The average molecular weight is 172 g/mol. The molecule has 0 aromatic heterocycles. The number of esters is 1. The van der Waals surface area contributed by atoms with Crippen LogP contribution < -0.4 is 0 Å². The first kappa shape index (κ1) is 10.4. The Morgan fingerprint density at radius 1 is 1.64 bits per heavy atom. The average Bonchev–Trinajstić information content (AvgIpc) is 2.00. The molecular weight excluding hydrogens is 156 g/mol. The molecule has 0 aromatic rings. The zero-order valence-electron chi connectivity index (χ0n) is 7.35. The summed E-state index contributed by atoms with van der Waals surface area (Å²) in [6.45, 7) is 8.30. The van der Waals surface area contributed by atoms with Crippen LogP contribution in [0.3, 0.4) is 0 Å². The van der Waals surface area contributed by atoms with Crippen LogP contribution >= 0.6 is 0 Å². The van der Waals surface area contributed by atoms with Gasteiger partial charge in [-0.05, 0) is 12.5 Å². The quantitative estimate of drug-likeness (QED) is 0.353. The van der Waals surface area contributed by atoms with Gasteiger partial charge in [0, 0.05) is 15.1 Å². The van der Waals surface area contributed by atoms with Gasteiger partial charge >= 0.3 is 5.97 Å². The Morgan fingerprint density at radius 2 is 2.27 bits per heavy atom. The van der Waals surface area contributed by atoms with E-state index in [1.165, 1.54) is 0 Å². The number of carbonyl (C=O) groups is 1. The van der Waals surface area contributed by atoms with Crippen LogP contribution in [-0.4, -0.2) is 22.1 Å². The normalized spacial score (nSPS) is 10.4. The molecule has 0 aliphatic carbocycles. The summed E-state index contributed by atoms with van der Waals surface area (Å²) >= 11 is 0. The fraction of sp³-hybridized carbons (Fsp3) is 0.625. The fourth-order valence-electron chi connectivity index (χ4n) is 0.701. The van der Waals surface area contributed by atoms with Crippen LogP contribution in [0.25, 0.3) is 0 Å². The third kappa shape index (κ3) is 4.78. The van der Waals surface area contributed by atoms with E-state index >= 15 is 0 Å². The van der Waals surface area contributed by atoms with Gasteiger partial charge in [-0.1, -0.05) is 20.0 Å². The lowest BCUT2D eigenvalue weighted by Gasteiger charge is -2.03. The number of hydrogen-bond donors (Lipinski definition) is 0. The molecule has 3 heteroatoms. The molecule has 0 radical (unpaired) electrons. The first-order valence-corrected chi connectivity index (χ1v) is 6.48. The fourth-order valence-corrected chi connectivity index (χ4v) is 1.51. The Kier molecular flexibility index (Phi) is 5.84. The van der Waals surface area contributed by atoms with Gasteiger partial charge in [0.1, 0.15) is 0 Å². The molecule has 0 saturated heterocycles. The summed E-state index contributed by atoms with van der Waals surface area (Å²) in [5.41, 5.74) is 0.646. The van der Waals surface area contributed by atoms with Gasteiger partial charge in [0.05, 0.1) is 6.61 Å². The first-order valence-electron chi connectivity index (χ1n) is 4.07. The number of hydrogen-bond acceptors (Lipinski definition) is 2. The molecule has 0 aliphatic rings. The molecule has 11 heavy (non-hydrogen) atoms. The number of ether oxygens (including phenoxy) is 1. The van der Waals surface area contributed by atoms with Gasteiger partial charge in [-0.15, -0.1) is 0 Å². The highest BCUT2D eigenvalue weighted by atomic mass is 28.2. The lowest BCUT2D eigenvalue weighted by atomic mass is 10.3. The summed E-state index contributed by atoms with van der Waals surface area (Å²) in [7, 11) is -0.0999. The predicted molar refractivity (Wildman–Crippen MR) is 49.6 cm³/mol. The Bertz CT molecular complexity index is 143. The second kappa shape index (κ2) is 6.16. The molecule has 2 nitrogen and oxygen atoms in total. The third-order valence-electron chi connectivity index (χ3n) is 1.28. The highest BCUT2D eigenvalue weighted by molar-refractivity contribution is 6.35. The maximum Gasteiger partial charge on any atom is 0.333 e. The summed E-state index contributed by atoms with van der Waals surface area (Å²) in [5, 5.41) is 0. The number of rotatable bonds is 5. The van der Waals surface area contributed by atoms with E-state index in [0.29, 0.717) is 12.2 Å². The highest BCUT2D eigenvalue weighted by Gasteiger charge is 2.05. The van der Waals surface area contributed by atoms with Crippen molar-refractivity contribution >= 4 is 15.5 Å². The second-order valence-corrected chi connectivity index (χ2v) is 3.99. The van der Waals surface area contributed by atoms with E-state index in [1.807, 2.05) is 6.92 Å². The van der Waals surface area contributed by atoms with Crippen molar-refractivity contribution in [3.63, 3.8) is 0 Å². The van der Waals surface area contributed by atoms with Crippen molar-refractivity contribution in [1.29, 1.82) is 0 Å². The molecule has 0 aliphatic heterocycles. The van der Waals surface area contributed by atoms with Crippen LogP contribution in [0.2, 0.25) is 12.6 Å². The molecule has 0 amide bonds. The molecule has 0 spiro atoms. The predicted octanol–water partition coefficient (Wildman–Crippen LogP) is 1.13. The zero-order valence-corrected chi connectivity index (χ0v) is 8.77. The molecule has 0 heterocycles. The van der Waals surface area contributed by atoms with Crippen molar-refractivity contribution in [3.8, 4) is 0 Å². The van der Waals surface area contributed by atoms with E-state index in [9.17, 15) is 4.79 Å².